The van der Waals surface area contributed by atoms with Gasteiger partial charge in [-0.3, -0.25) is 9.59 Å². The summed E-state index contributed by atoms with van der Waals surface area (Å²) in [4.78, 5) is 27.5. The van der Waals surface area contributed by atoms with E-state index in [2.05, 4.69) is 10.3 Å². The lowest BCUT2D eigenvalue weighted by Gasteiger charge is -2.19. The number of phenolic OH excluding ortho intramolecular Hbond substituents is 1. The van der Waals surface area contributed by atoms with E-state index in [1.807, 2.05) is 24.1 Å². The van der Waals surface area contributed by atoms with Crippen LogP contribution in [0.15, 0.2) is 53.3 Å². The summed E-state index contributed by atoms with van der Waals surface area (Å²) >= 11 is 0. The zero-order valence-electron chi connectivity index (χ0n) is 20.7. The SMILES string of the molecule is CN(CCOCCCCCCNCC(O)c1ccc(O)c2[nH]c(=O)ccc12)c1cccc(C(N)=O)c1. The second-order valence-electron chi connectivity index (χ2n) is 8.87. The number of phenols is 1. The second-order valence-corrected chi connectivity index (χ2v) is 8.87. The number of benzene rings is 2. The first-order valence-electron chi connectivity index (χ1n) is 12.3. The lowest BCUT2D eigenvalue weighted by atomic mass is 10.0. The number of nitrogens with zero attached hydrogens (tertiary/aromatic N) is 1. The van der Waals surface area contributed by atoms with Crippen molar-refractivity contribution in [3.8, 4) is 5.75 Å². The van der Waals surface area contributed by atoms with Gasteiger partial charge in [-0.1, -0.05) is 25.0 Å². The maximum Gasteiger partial charge on any atom is 0.248 e. The highest BCUT2D eigenvalue weighted by molar-refractivity contribution is 5.93. The molecule has 1 heterocycles. The maximum absolute atomic E-state index is 11.5. The van der Waals surface area contributed by atoms with Crippen molar-refractivity contribution >= 4 is 22.5 Å². The van der Waals surface area contributed by atoms with Crippen molar-refractivity contribution in [2.75, 3.05) is 44.8 Å². The van der Waals surface area contributed by atoms with Gasteiger partial charge in [0.2, 0.25) is 11.5 Å². The molecular weight excluding hydrogens is 460 g/mol. The number of aromatic amines is 1. The molecule has 1 aromatic heterocycles. The van der Waals surface area contributed by atoms with Crippen LogP contribution in [0, 0.1) is 0 Å². The Morgan fingerprint density at radius 2 is 1.92 bits per heavy atom. The van der Waals surface area contributed by atoms with E-state index in [-0.39, 0.29) is 11.3 Å². The number of likely N-dealkylation sites (N-methyl/N-ethyl adjacent to an activating group) is 1. The van der Waals surface area contributed by atoms with E-state index in [0.717, 1.165) is 44.5 Å². The standard InChI is InChI=1S/C27H36N4O5/c1-31(20-8-6-7-19(17-20)27(28)35)14-16-36-15-5-3-2-4-13-29-18-24(33)21-9-11-23(32)26-22(21)10-12-25(34)30-26/h6-12,17,24,29,32-33H,2-5,13-16,18H2,1H3,(H2,28,35)(H,30,34). The van der Waals surface area contributed by atoms with Gasteiger partial charge in [0.1, 0.15) is 5.75 Å². The molecule has 0 aliphatic carbocycles. The number of pyridine rings is 1. The molecule has 9 heteroatoms. The Hall–Kier alpha value is -3.40. The number of aromatic nitrogens is 1. The van der Waals surface area contributed by atoms with Gasteiger partial charge in [-0.15, -0.1) is 0 Å². The highest BCUT2D eigenvalue weighted by atomic mass is 16.5. The van der Waals surface area contributed by atoms with Crippen LogP contribution in [0.1, 0.15) is 47.7 Å². The summed E-state index contributed by atoms with van der Waals surface area (Å²) in [5.74, 6) is -0.449. The number of carbonyl (C=O) groups excluding carboxylic acids is 1. The van der Waals surface area contributed by atoms with Crippen LogP contribution in [0.5, 0.6) is 5.75 Å². The van der Waals surface area contributed by atoms with E-state index in [1.54, 1.807) is 24.3 Å². The molecular formula is C27H36N4O5. The molecule has 6 N–H and O–H groups in total. The third-order valence-electron chi connectivity index (χ3n) is 6.14. The Morgan fingerprint density at radius 1 is 1.11 bits per heavy atom. The molecule has 1 amide bonds. The molecule has 2 aromatic carbocycles. The summed E-state index contributed by atoms with van der Waals surface area (Å²) in [6.45, 7) is 3.21. The van der Waals surface area contributed by atoms with Crippen LogP contribution >= 0.6 is 0 Å². The number of unbranched alkanes of at least 4 members (excludes halogenated alkanes) is 3. The first-order chi connectivity index (χ1) is 17.4. The number of anilines is 1. The highest BCUT2D eigenvalue weighted by Gasteiger charge is 2.13. The van der Waals surface area contributed by atoms with Crippen molar-refractivity contribution in [2.45, 2.75) is 31.8 Å². The van der Waals surface area contributed by atoms with Crippen LogP contribution in [0.25, 0.3) is 10.9 Å². The molecule has 1 atom stereocenters. The maximum atomic E-state index is 11.5. The van der Waals surface area contributed by atoms with Crippen LogP contribution in [-0.2, 0) is 4.74 Å². The number of amides is 1. The van der Waals surface area contributed by atoms with Gasteiger partial charge in [0.05, 0.1) is 18.2 Å². The van der Waals surface area contributed by atoms with Gasteiger partial charge >= 0.3 is 0 Å². The quantitative estimate of drug-likeness (QED) is 0.204. The molecule has 0 radical (unpaired) electrons. The number of rotatable bonds is 15. The van der Waals surface area contributed by atoms with E-state index in [1.165, 1.54) is 12.1 Å². The minimum absolute atomic E-state index is 0.0161. The van der Waals surface area contributed by atoms with E-state index in [0.29, 0.717) is 41.8 Å². The average molecular weight is 497 g/mol. The lowest BCUT2D eigenvalue weighted by molar-refractivity contribution is 0.100. The molecule has 36 heavy (non-hydrogen) atoms. The predicted octanol–water partition coefficient (Wildman–Crippen LogP) is 2.67. The number of H-pyrrole nitrogens is 1. The van der Waals surface area contributed by atoms with Crippen LogP contribution in [0.2, 0.25) is 0 Å². The summed E-state index contributed by atoms with van der Waals surface area (Å²) in [6, 6.07) is 13.4. The fourth-order valence-corrected chi connectivity index (χ4v) is 4.04. The van der Waals surface area contributed by atoms with Gasteiger partial charge in [0, 0.05) is 49.4 Å². The van der Waals surface area contributed by atoms with E-state index >= 15 is 0 Å². The summed E-state index contributed by atoms with van der Waals surface area (Å²) in [7, 11) is 1.96. The van der Waals surface area contributed by atoms with Crippen LogP contribution in [0.4, 0.5) is 5.69 Å². The minimum Gasteiger partial charge on any atom is -0.506 e. The lowest BCUT2D eigenvalue weighted by Crippen LogP contribution is -2.23. The molecule has 0 bridgehead atoms. The van der Waals surface area contributed by atoms with Crippen molar-refractivity contribution in [1.82, 2.24) is 10.3 Å². The molecule has 1 unspecified atom stereocenters. The number of hydrogen-bond acceptors (Lipinski definition) is 7. The Kier molecular flexibility index (Phi) is 10.3. The average Bonchev–Trinajstić information content (AvgIpc) is 2.87. The number of aliphatic hydroxyl groups is 1. The molecule has 3 rings (SSSR count). The van der Waals surface area contributed by atoms with Crippen molar-refractivity contribution in [1.29, 1.82) is 0 Å². The minimum atomic E-state index is -0.746. The van der Waals surface area contributed by atoms with Crippen molar-refractivity contribution < 1.29 is 19.7 Å². The predicted molar refractivity (Wildman–Crippen MR) is 142 cm³/mol. The van der Waals surface area contributed by atoms with E-state index < -0.39 is 12.0 Å². The smallest absolute Gasteiger partial charge is 0.248 e. The molecule has 0 aliphatic rings. The Labute approximate surface area is 210 Å². The largest absolute Gasteiger partial charge is 0.506 e. The Morgan fingerprint density at radius 3 is 2.72 bits per heavy atom. The number of hydrogen-bond donors (Lipinski definition) is 5. The van der Waals surface area contributed by atoms with E-state index in [4.69, 9.17) is 10.5 Å². The number of carbonyl (C=O) groups is 1. The molecule has 0 saturated carbocycles. The molecule has 0 saturated heterocycles. The summed E-state index contributed by atoms with van der Waals surface area (Å²) in [5.41, 5.74) is 7.47. The third-order valence-corrected chi connectivity index (χ3v) is 6.14. The third kappa shape index (κ3) is 7.81. The first-order valence-corrected chi connectivity index (χ1v) is 12.3. The molecule has 0 aliphatic heterocycles. The van der Waals surface area contributed by atoms with Gasteiger partial charge in [0.15, 0.2) is 0 Å². The topological polar surface area (TPSA) is 141 Å². The summed E-state index contributed by atoms with van der Waals surface area (Å²) in [5, 5.41) is 24.5. The molecule has 3 aromatic rings. The zero-order chi connectivity index (χ0) is 25.9. The molecule has 194 valence electrons. The van der Waals surface area contributed by atoms with Crippen LogP contribution in [0.3, 0.4) is 0 Å². The highest BCUT2D eigenvalue weighted by Crippen LogP contribution is 2.28. The normalized spacial score (nSPS) is 12.1. The van der Waals surface area contributed by atoms with Crippen molar-refractivity contribution in [2.24, 2.45) is 5.73 Å². The van der Waals surface area contributed by atoms with Gasteiger partial charge in [-0.25, -0.2) is 0 Å². The number of aliphatic hydroxyl groups excluding tert-OH is 1. The summed E-state index contributed by atoms with van der Waals surface area (Å²) < 4.78 is 5.74. The molecule has 0 spiro atoms. The number of fused-ring (bicyclic) bond motifs is 1. The van der Waals surface area contributed by atoms with Gasteiger partial charge in [-0.05, 0) is 55.3 Å². The zero-order valence-corrected chi connectivity index (χ0v) is 20.7. The number of nitrogens with one attached hydrogen (secondary N) is 2. The molecule has 0 fully saturated rings. The second kappa shape index (κ2) is 13.6. The van der Waals surface area contributed by atoms with Crippen LogP contribution in [-0.4, -0.2) is 61.0 Å². The van der Waals surface area contributed by atoms with Crippen LogP contribution < -0.4 is 21.5 Å². The Balaban J connectivity index is 1.25. The Bertz CT molecular complexity index is 1200. The van der Waals surface area contributed by atoms with Gasteiger partial charge in [0.25, 0.3) is 0 Å². The number of aromatic hydroxyl groups is 1. The summed E-state index contributed by atoms with van der Waals surface area (Å²) in [6.07, 6.45) is 3.37. The number of ether oxygens (including phenoxy) is 1. The van der Waals surface area contributed by atoms with E-state index in [9.17, 15) is 19.8 Å². The number of nitrogens with two attached hydrogens (primary N) is 1. The van der Waals surface area contributed by atoms with Crippen molar-refractivity contribution in [3.05, 3.63) is 70.0 Å². The fraction of sp³-hybridized carbons (Fsp3) is 0.407. The first kappa shape index (κ1) is 27.2. The number of primary amides is 1. The van der Waals surface area contributed by atoms with Crippen molar-refractivity contribution in [3.63, 3.8) is 0 Å². The monoisotopic (exact) mass is 496 g/mol. The van der Waals surface area contributed by atoms with Gasteiger partial charge in [-0.2, -0.15) is 0 Å². The molecule has 9 nitrogen and oxygen atoms in total. The fourth-order valence-electron chi connectivity index (χ4n) is 4.04. The van der Waals surface area contributed by atoms with Gasteiger partial charge < -0.3 is 35.9 Å².